The van der Waals surface area contributed by atoms with Gasteiger partial charge in [0.05, 0.1) is 0 Å². The van der Waals surface area contributed by atoms with Crippen LogP contribution in [0.2, 0.25) is 0 Å². The molecule has 0 aliphatic carbocycles. The van der Waals surface area contributed by atoms with Crippen molar-refractivity contribution in [2.24, 2.45) is 0 Å². The van der Waals surface area contributed by atoms with E-state index in [2.05, 4.69) is 0 Å². The number of hydrogen-bond donors (Lipinski definition) is 2. The van der Waals surface area contributed by atoms with Crippen LogP contribution in [0.3, 0.4) is 0 Å². The summed E-state index contributed by atoms with van der Waals surface area (Å²) in [6.45, 7) is 0. The summed E-state index contributed by atoms with van der Waals surface area (Å²) in [5, 5.41) is 13.9. The van der Waals surface area contributed by atoms with Gasteiger partial charge in [-0.1, -0.05) is 0 Å². The lowest BCUT2D eigenvalue weighted by atomic mass is 11.5. The number of rotatable bonds is 0. The van der Waals surface area contributed by atoms with Gasteiger partial charge >= 0.3 is 6.16 Å². The Kier molecular flexibility index (Phi) is 267. The molecule has 0 aliphatic heterocycles. The second kappa shape index (κ2) is 35.8. The molecule has 7 nitrogen and oxygen atoms in total. The summed E-state index contributed by atoms with van der Waals surface area (Å²) in [5.41, 5.74) is 0. The summed E-state index contributed by atoms with van der Waals surface area (Å²) in [5.74, 6) is 0. The third-order valence-corrected chi connectivity index (χ3v) is 0. The van der Waals surface area contributed by atoms with Crippen molar-refractivity contribution >= 4 is 6.16 Å². The van der Waals surface area contributed by atoms with Crippen molar-refractivity contribution in [1.82, 2.24) is 0 Å². The molecule has 0 saturated carbocycles. The predicted octanol–water partition coefficient (Wildman–Crippen LogP) is -3.08. The molecule has 0 fully saturated rings. The maximum absolute atomic E-state index is 8.56. The molecule has 0 radical (unpaired) electrons. The average molecular weight is 134 g/mol. The Morgan fingerprint density at radius 3 is 0.875 bits per heavy atom. The van der Waals surface area contributed by atoms with E-state index in [1.807, 2.05) is 0 Å². The first-order valence-corrected chi connectivity index (χ1v) is 0.651. The predicted molar refractivity (Wildman–Crippen MR) is 25.1 cm³/mol. The lowest BCUT2D eigenvalue weighted by Crippen LogP contribution is -1.81. The van der Waals surface area contributed by atoms with Crippen LogP contribution in [0.25, 0.3) is 0 Å². The molecule has 0 atom stereocenters. The fourth-order valence-electron chi connectivity index (χ4n) is 0. The van der Waals surface area contributed by atoms with Crippen LogP contribution in [0.15, 0.2) is 0 Å². The molecule has 0 spiro atoms. The van der Waals surface area contributed by atoms with Crippen LogP contribution in [0.4, 0.5) is 4.79 Å². The van der Waals surface area contributed by atoms with Crippen LogP contribution in [0, 0.1) is 0 Å². The van der Waals surface area contributed by atoms with Gasteiger partial charge in [0.25, 0.3) is 0 Å². The van der Waals surface area contributed by atoms with Gasteiger partial charge in [0.15, 0.2) is 0 Å². The minimum atomic E-state index is -1.83. The Bertz CT molecular complexity index is 27.4. The van der Waals surface area contributed by atoms with E-state index >= 15 is 0 Å². The standard InChI is InChI=1S/CH2O3.4H2O/c2-1(3)4;;;;/h(H2,2,3,4);4*1H2. The van der Waals surface area contributed by atoms with Crippen LogP contribution < -0.4 is 0 Å². The van der Waals surface area contributed by atoms with Crippen molar-refractivity contribution in [2.45, 2.75) is 0 Å². The van der Waals surface area contributed by atoms with Crippen LogP contribution in [-0.4, -0.2) is 38.3 Å². The van der Waals surface area contributed by atoms with Crippen LogP contribution >= 0.6 is 0 Å². The average Bonchev–Trinajstić information content (AvgIpc) is 0.811. The van der Waals surface area contributed by atoms with E-state index in [0.29, 0.717) is 0 Å². The maximum Gasteiger partial charge on any atom is 0.503 e. The number of carbonyl (C=O) groups is 1. The molecule has 0 aromatic carbocycles. The highest BCUT2D eigenvalue weighted by Gasteiger charge is 1.70. The molecular formula is CH10O7. The molecule has 0 rings (SSSR count). The summed E-state index contributed by atoms with van der Waals surface area (Å²) >= 11 is 0. The topological polar surface area (TPSA) is 184 Å². The van der Waals surface area contributed by atoms with Gasteiger partial charge < -0.3 is 32.1 Å². The Balaban J connectivity index is -0.00000000750. The van der Waals surface area contributed by atoms with Gasteiger partial charge in [0, 0.05) is 0 Å². The molecule has 0 unspecified atom stereocenters. The third-order valence-electron chi connectivity index (χ3n) is 0. The quantitative estimate of drug-likeness (QED) is 0.356. The van der Waals surface area contributed by atoms with Crippen molar-refractivity contribution in [1.29, 1.82) is 0 Å². The molecule has 56 valence electrons. The first-order valence-electron chi connectivity index (χ1n) is 0.651. The highest BCUT2D eigenvalue weighted by atomic mass is 16.6. The van der Waals surface area contributed by atoms with Gasteiger partial charge in [-0.3, -0.25) is 0 Å². The van der Waals surface area contributed by atoms with Crippen molar-refractivity contribution in [3.63, 3.8) is 0 Å². The van der Waals surface area contributed by atoms with Gasteiger partial charge in [-0.15, -0.1) is 0 Å². The lowest BCUT2D eigenvalue weighted by molar-refractivity contribution is 0.137. The van der Waals surface area contributed by atoms with Crippen molar-refractivity contribution < 1.29 is 36.9 Å². The fourth-order valence-corrected chi connectivity index (χ4v) is 0. The van der Waals surface area contributed by atoms with E-state index in [9.17, 15) is 0 Å². The summed E-state index contributed by atoms with van der Waals surface area (Å²) in [7, 11) is 0. The SMILES string of the molecule is O.O.O.O.O=C(O)O. The van der Waals surface area contributed by atoms with E-state index in [0.717, 1.165) is 0 Å². The van der Waals surface area contributed by atoms with Crippen LogP contribution in [0.1, 0.15) is 0 Å². The molecular weight excluding hydrogens is 124 g/mol. The van der Waals surface area contributed by atoms with Crippen molar-refractivity contribution in [3.05, 3.63) is 0 Å². The molecule has 0 heterocycles. The normalized spacial score (nSPS) is 3.00. The van der Waals surface area contributed by atoms with E-state index in [4.69, 9.17) is 15.0 Å². The summed E-state index contributed by atoms with van der Waals surface area (Å²) in [6, 6.07) is 0. The molecule has 8 heavy (non-hydrogen) atoms. The molecule has 0 aromatic rings. The monoisotopic (exact) mass is 134 g/mol. The summed E-state index contributed by atoms with van der Waals surface area (Å²) in [6.07, 6.45) is -1.83. The smallest absolute Gasteiger partial charge is 0.450 e. The van der Waals surface area contributed by atoms with Gasteiger partial charge in [0.1, 0.15) is 0 Å². The summed E-state index contributed by atoms with van der Waals surface area (Å²) < 4.78 is 0. The second-order valence-electron chi connectivity index (χ2n) is 0.283. The van der Waals surface area contributed by atoms with E-state index in [1.165, 1.54) is 0 Å². The number of hydrogen-bond acceptors (Lipinski definition) is 1. The molecule has 0 bridgehead atoms. The zero-order valence-electron chi connectivity index (χ0n) is 3.80. The first kappa shape index (κ1) is 59.6. The van der Waals surface area contributed by atoms with Crippen molar-refractivity contribution in [2.75, 3.05) is 0 Å². The molecule has 7 heteroatoms. The molecule has 0 aromatic heterocycles. The Hall–Kier alpha value is -0.890. The molecule has 10 N–H and O–H groups in total. The van der Waals surface area contributed by atoms with Gasteiger partial charge in [-0.05, 0) is 0 Å². The van der Waals surface area contributed by atoms with Crippen LogP contribution in [-0.2, 0) is 0 Å². The maximum atomic E-state index is 8.56. The molecule has 0 saturated heterocycles. The van der Waals surface area contributed by atoms with E-state index in [-0.39, 0.29) is 21.9 Å². The fraction of sp³-hybridized carbons (Fsp3) is 0. The lowest BCUT2D eigenvalue weighted by Gasteiger charge is -1.60. The van der Waals surface area contributed by atoms with Gasteiger partial charge in [0.2, 0.25) is 0 Å². The van der Waals surface area contributed by atoms with Crippen molar-refractivity contribution in [3.8, 4) is 0 Å². The second-order valence-corrected chi connectivity index (χ2v) is 0.283. The Labute approximate surface area is 44.4 Å². The Morgan fingerprint density at radius 2 is 0.875 bits per heavy atom. The van der Waals surface area contributed by atoms with Gasteiger partial charge in [-0.25, -0.2) is 4.79 Å². The minimum absolute atomic E-state index is 0. The third kappa shape index (κ3) is 109. The first-order chi connectivity index (χ1) is 1.73. The highest BCUT2D eigenvalue weighted by molar-refractivity contribution is 5.53. The van der Waals surface area contributed by atoms with E-state index in [1.54, 1.807) is 0 Å². The largest absolute Gasteiger partial charge is 0.503 e. The zero-order valence-corrected chi connectivity index (χ0v) is 3.80. The summed E-state index contributed by atoms with van der Waals surface area (Å²) in [4.78, 5) is 8.56. The van der Waals surface area contributed by atoms with E-state index < -0.39 is 6.16 Å². The number of carboxylic acid groups (broad SMARTS) is 2. The Morgan fingerprint density at radius 1 is 0.875 bits per heavy atom. The minimum Gasteiger partial charge on any atom is -0.450 e. The molecule has 0 aliphatic rings. The molecule has 0 amide bonds. The van der Waals surface area contributed by atoms with Crippen LogP contribution in [0.5, 0.6) is 0 Å². The zero-order chi connectivity index (χ0) is 3.58. The highest BCUT2D eigenvalue weighted by Crippen LogP contribution is 1.42. The van der Waals surface area contributed by atoms with Gasteiger partial charge in [-0.2, -0.15) is 0 Å².